The van der Waals surface area contributed by atoms with Crippen molar-refractivity contribution < 1.29 is 4.74 Å². The molecule has 0 aromatic carbocycles. The van der Waals surface area contributed by atoms with Crippen molar-refractivity contribution >= 4 is 0 Å². The summed E-state index contributed by atoms with van der Waals surface area (Å²) < 4.78 is 6.38. The molecular formula is C18H37NO. The van der Waals surface area contributed by atoms with E-state index in [-0.39, 0.29) is 5.60 Å². The van der Waals surface area contributed by atoms with Gasteiger partial charge in [0.25, 0.3) is 0 Å². The predicted molar refractivity (Wildman–Crippen MR) is 88.1 cm³/mol. The number of hydrogen-bond donors (Lipinski definition) is 1. The van der Waals surface area contributed by atoms with Crippen molar-refractivity contribution in [1.82, 2.24) is 5.32 Å². The van der Waals surface area contributed by atoms with E-state index in [4.69, 9.17) is 4.74 Å². The lowest BCUT2D eigenvalue weighted by Crippen LogP contribution is -2.57. The lowest BCUT2D eigenvalue weighted by molar-refractivity contribution is -0.107. The Morgan fingerprint density at radius 2 is 1.80 bits per heavy atom. The molecule has 0 radical (unpaired) electrons. The lowest BCUT2D eigenvalue weighted by Gasteiger charge is -2.47. The minimum absolute atomic E-state index is 0.0883. The summed E-state index contributed by atoms with van der Waals surface area (Å²) in [5, 5.41) is 3.84. The van der Waals surface area contributed by atoms with E-state index in [0.29, 0.717) is 12.0 Å². The number of nitrogens with one attached hydrogen (secondary N) is 1. The SMILES string of the molecule is CCCNC(C(C)CCC)C1(OCC)CCC(C)CC1. The minimum Gasteiger partial charge on any atom is -0.374 e. The quantitative estimate of drug-likeness (QED) is 0.658. The first-order valence-corrected chi connectivity index (χ1v) is 8.96. The number of rotatable bonds is 9. The summed E-state index contributed by atoms with van der Waals surface area (Å²) >= 11 is 0. The molecule has 0 spiro atoms. The van der Waals surface area contributed by atoms with Crippen LogP contribution in [0, 0.1) is 11.8 Å². The first-order chi connectivity index (χ1) is 9.59. The van der Waals surface area contributed by atoms with Crippen LogP contribution in [0.1, 0.15) is 79.6 Å². The molecular weight excluding hydrogens is 246 g/mol. The van der Waals surface area contributed by atoms with E-state index in [1.54, 1.807) is 0 Å². The van der Waals surface area contributed by atoms with Crippen molar-refractivity contribution in [3.05, 3.63) is 0 Å². The van der Waals surface area contributed by atoms with E-state index in [2.05, 4.69) is 39.9 Å². The normalized spacial score (nSPS) is 30.1. The van der Waals surface area contributed by atoms with Gasteiger partial charge in [-0.15, -0.1) is 0 Å². The van der Waals surface area contributed by atoms with Gasteiger partial charge in [-0.2, -0.15) is 0 Å². The average molecular weight is 284 g/mol. The molecule has 0 saturated heterocycles. The first kappa shape index (κ1) is 18.0. The highest BCUT2D eigenvalue weighted by atomic mass is 16.5. The summed E-state index contributed by atoms with van der Waals surface area (Å²) in [6.45, 7) is 13.5. The van der Waals surface area contributed by atoms with Gasteiger partial charge in [-0.3, -0.25) is 0 Å². The standard InChI is InChI=1S/C18H37NO/c1-6-9-16(5)17(19-14-7-2)18(20-8-3)12-10-15(4)11-13-18/h15-17,19H,6-14H2,1-5H3. The fourth-order valence-corrected chi connectivity index (χ4v) is 3.91. The van der Waals surface area contributed by atoms with E-state index in [1.807, 2.05) is 0 Å². The molecule has 0 aromatic rings. The van der Waals surface area contributed by atoms with Crippen molar-refractivity contribution in [2.24, 2.45) is 11.8 Å². The molecule has 1 rings (SSSR count). The average Bonchev–Trinajstić information content (AvgIpc) is 2.43. The van der Waals surface area contributed by atoms with Crippen LogP contribution in [0.2, 0.25) is 0 Å². The Hall–Kier alpha value is -0.0800. The van der Waals surface area contributed by atoms with Gasteiger partial charge in [0, 0.05) is 12.6 Å². The minimum atomic E-state index is 0.0883. The zero-order chi connectivity index (χ0) is 15.0. The summed E-state index contributed by atoms with van der Waals surface area (Å²) in [7, 11) is 0. The molecule has 2 atom stereocenters. The highest BCUT2D eigenvalue weighted by molar-refractivity contribution is 4.98. The van der Waals surface area contributed by atoms with Crippen molar-refractivity contribution in [2.45, 2.75) is 91.2 Å². The zero-order valence-corrected chi connectivity index (χ0v) is 14.5. The Kier molecular flexibility index (Phi) is 8.13. The van der Waals surface area contributed by atoms with Crippen LogP contribution < -0.4 is 5.32 Å². The van der Waals surface area contributed by atoms with Gasteiger partial charge in [-0.05, 0) is 63.8 Å². The molecule has 20 heavy (non-hydrogen) atoms. The monoisotopic (exact) mass is 283 g/mol. The van der Waals surface area contributed by atoms with Crippen molar-refractivity contribution in [2.75, 3.05) is 13.2 Å². The van der Waals surface area contributed by atoms with Gasteiger partial charge in [0.1, 0.15) is 0 Å². The van der Waals surface area contributed by atoms with Crippen LogP contribution in [0.4, 0.5) is 0 Å². The van der Waals surface area contributed by atoms with Crippen LogP contribution in [-0.4, -0.2) is 24.8 Å². The molecule has 0 amide bonds. The molecule has 1 aliphatic rings. The topological polar surface area (TPSA) is 21.3 Å². The van der Waals surface area contributed by atoms with Gasteiger partial charge in [0.05, 0.1) is 5.60 Å². The van der Waals surface area contributed by atoms with Gasteiger partial charge >= 0.3 is 0 Å². The molecule has 1 fully saturated rings. The molecule has 2 heteroatoms. The fraction of sp³-hybridized carbons (Fsp3) is 1.00. The van der Waals surface area contributed by atoms with E-state index < -0.39 is 0 Å². The van der Waals surface area contributed by atoms with Gasteiger partial charge in [0.15, 0.2) is 0 Å². The Morgan fingerprint density at radius 3 is 2.30 bits per heavy atom. The second-order valence-corrected chi connectivity index (χ2v) is 6.88. The number of ether oxygens (including phenoxy) is 1. The summed E-state index contributed by atoms with van der Waals surface area (Å²) in [5.74, 6) is 1.57. The molecule has 1 aliphatic carbocycles. The van der Waals surface area contributed by atoms with E-state index in [1.165, 1.54) is 44.9 Å². The van der Waals surface area contributed by atoms with Gasteiger partial charge in [-0.25, -0.2) is 0 Å². The van der Waals surface area contributed by atoms with Crippen LogP contribution in [0.15, 0.2) is 0 Å². The highest BCUT2D eigenvalue weighted by Crippen LogP contribution is 2.40. The fourth-order valence-electron chi connectivity index (χ4n) is 3.91. The van der Waals surface area contributed by atoms with Crippen molar-refractivity contribution in [3.63, 3.8) is 0 Å². The Bertz CT molecular complexity index is 246. The van der Waals surface area contributed by atoms with Gasteiger partial charge in [0.2, 0.25) is 0 Å². The molecule has 0 aromatic heterocycles. The maximum Gasteiger partial charge on any atom is 0.0837 e. The van der Waals surface area contributed by atoms with Crippen molar-refractivity contribution in [1.29, 1.82) is 0 Å². The second kappa shape index (κ2) is 9.04. The molecule has 1 N–H and O–H groups in total. The Balaban J connectivity index is 2.84. The van der Waals surface area contributed by atoms with Crippen molar-refractivity contribution in [3.8, 4) is 0 Å². The predicted octanol–water partition coefficient (Wildman–Crippen LogP) is 4.78. The summed E-state index contributed by atoms with van der Waals surface area (Å²) in [6.07, 6.45) is 8.88. The molecule has 1 saturated carbocycles. The molecule has 2 unspecified atom stereocenters. The van der Waals surface area contributed by atoms with Crippen LogP contribution in [0.5, 0.6) is 0 Å². The maximum absolute atomic E-state index is 6.38. The molecule has 2 nitrogen and oxygen atoms in total. The van der Waals surface area contributed by atoms with Crippen LogP contribution in [-0.2, 0) is 4.74 Å². The summed E-state index contributed by atoms with van der Waals surface area (Å²) in [6, 6.07) is 0.523. The second-order valence-electron chi connectivity index (χ2n) is 6.88. The smallest absolute Gasteiger partial charge is 0.0837 e. The highest BCUT2D eigenvalue weighted by Gasteiger charge is 2.43. The molecule has 0 aliphatic heterocycles. The first-order valence-electron chi connectivity index (χ1n) is 8.96. The van der Waals surface area contributed by atoms with E-state index in [0.717, 1.165) is 19.1 Å². The third kappa shape index (κ3) is 4.73. The summed E-state index contributed by atoms with van der Waals surface area (Å²) in [5.41, 5.74) is 0.0883. The van der Waals surface area contributed by atoms with Crippen LogP contribution in [0.3, 0.4) is 0 Å². The lowest BCUT2D eigenvalue weighted by atomic mass is 9.71. The number of hydrogen-bond acceptors (Lipinski definition) is 2. The Labute approximate surface area is 127 Å². The van der Waals surface area contributed by atoms with Gasteiger partial charge in [-0.1, -0.05) is 34.1 Å². The molecule has 0 bridgehead atoms. The van der Waals surface area contributed by atoms with Crippen LogP contribution in [0.25, 0.3) is 0 Å². The zero-order valence-electron chi connectivity index (χ0n) is 14.5. The Morgan fingerprint density at radius 1 is 1.15 bits per heavy atom. The third-order valence-electron chi connectivity index (χ3n) is 5.05. The largest absolute Gasteiger partial charge is 0.374 e. The van der Waals surface area contributed by atoms with E-state index in [9.17, 15) is 0 Å². The summed E-state index contributed by atoms with van der Waals surface area (Å²) in [4.78, 5) is 0. The molecule has 0 heterocycles. The van der Waals surface area contributed by atoms with Gasteiger partial charge < -0.3 is 10.1 Å². The van der Waals surface area contributed by atoms with Crippen LogP contribution >= 0.6 is 0 Å². The van der Waals surface area contributed by atoms with E-state index >= 15 is 0 Å². The maximum atomic E-state index is 6.38. The molecule has 120 valence electrons. The third-order valence-corrected chi connectivity index (χ3v) is 5.05.